The average Bonchev–Trinajstić information content (AvgIpc) is 2.35. The fourth-order valence-corrected chi connectivity index (χ4v) is 2.11. The largest absolute Gasteiger partial charge is 0.392 e. The normalized spacial score (nSPS) is 14.5. The van der Waals surface area contributed by atoms with Crippen LogP contribution in [-0.4, -0.2) is 31.0 Å². The van der Waals surface area contributed by atoms with E-state index in [1.807, 2.05) is 13.0 Å². The van der Waals surface area contributed by atoms with Gasteiger partial charge in [0.1, 0.15) is 0 Å². The third kappa shape index (κ3) is 4.41. The molecule has 1 aromatic carbocycles. The van der Waals surface area contributed by atoms with E-state index >= 15 is 0 Å². The maximum absolute atomic E-state index is 10.1. The Kier molecular flexibility index (Phi) is 6.97. The fourth-order valence-electron chi connectivity index (χ4n) is 1.81. The third-order valence-electron chi connectivity index (χ3n) is 2.85. The summed E-state index contributed by atoms with van der Waals surface area (Å²) in [4.78, 5) is 0. The highest BCUT2D eigenvalue weighted by molar-refractivity contribution is 6.42. The topological polar surface area (TPSA) is 55.5 Å². The summed E-state index contributed by atoms with van der Waals surface area (Å²) in [5.41, 5.74) is 6.62. The lowest BCUT2D eigenvalue weighted by atomic mass is 9.92. The second kappa shape index (κ2) is 7.97. The van der Waals surface area contributed by atoms with Crippen LogP contribution >= 0.6 is 23.2 Å². The minimum absolute atomic E-state index is 0.153. The van der Waals surface area contributed by atoms with Crippen LogP contribution in [0.25, 0.3) is 0 Å². The number of aliphatic hydroxyl groups is 1. The van der Waals surface area contributed by atoms with E-state index in [-0.39, 0.29) is 5.92 Å². The van der Waals surface area contributed by atoms with Gasteiger partial charge in [0.25, 0.3) is 0 Å². The van der Waals surface area contributed by atoms with Crippen molar-refractivity contribution in [2.75, 3.05) is 19.8 Å². The molecule has 2 atom stereocenters. The van der Waals surface area contributed by atoms with Crippen molar-refractivity contribution in [3.8, 4) is 0 Å². The summed E-state index contributed by atoms with van der Waals surface area (Å²) in [7, 11) is 0. The first-order valence-electron chi connectivity index (χ1n) is 6.01. The molecule has 18 heavy (non-hydrogen) atoms. The van der Waals surface area contributed by atoms with Gasteiger partial charge < -0.3 is 15.6 Å². The van der Waals surface area contributed by atoms with Crippen molar-refractivity contribution in [2.24, 2.45) is 5.73 Å². The Balaban J connectivity index is 2.72. The van der Waals surface area contributed by atoms with Crippen LogP contribution in [0.5, 0.6) is 0 Å². The molecule has 0 saturated carbocycles. The second-order valence-electron chi connectivity index (χ2n) is 4.07. The molecule has 0 radical (unpaired) electrons. The summed E-state index contributed by atoms with van der Waals surface area (Å²) in [6, 6.07) is 5.32. The Hall–Kier alpha value is -0.320. The lowest BCUT2D eigenvalue weighted by molar-refractivity contribution is 0.0752. The molecule has 0 spiro atoms. The summed E-state index contributed by atoms with van der Waals surface area (Å²) in [5, 5.41) is 11.1. The van der Waals surface area contributed by atoms with Crippen LogP contribution < -0.4 is 5.73 Å². The molecule has 0 fully saturated rings. The predicted molar refractivity (Wildman–Crippen MR) is 75.4 cm³/mol. The fraction of sp³-hybridized carbons (Fsp3) is 0.538. The highest BCUT2D eigenvalue weighted by atomic mass is 35.5. The van der Waals surface area contributed by atoms with Gasteiger partial charge >= 0.3 is 0 Å². The van der Waals surface area contributed by atoms with E-state index in [0.717, 1.165) is 5.56 Å². The molecule has 0 heterocycles. The molecule has 3 nitrogen and oxygen atoms in total. The first-order chi connectivity index (χ1) is 8.60. The maximum Gasteiger partial charge on any atom is 0.0642 e. The zero-order valence-electron chi connectivity index (χ0n) is 10.4. The standard InChI is InChI=1S/C13H19Cl2NO2/c1-2-18-6-5-13(17)10(8-16)9-3-4-11(14)12(15)7-9/h3-4,7,10,13,17H,2,5-6,8,16H2,1H3. The number of rotatable bonds is 7. The van der Waals surface area contributed by atoms with Crippen molar-refractivity contribution in [3.05, 3.63) is 33.8 Å². The van der Waals surface area contributed by atoms with Gasteiger partial charge in [-0.2, -0.15) is 0 Å². The van der Waals surface area contributed by atoms with Gasteiger partial charge in [0.2, 0.25) is 0 Å². The molecule has 0 aliphatic rings. The molecule has 0 aromatic heterocycles. The third-order valence-corrected chi connectivity index (χ3v) is 3.59. The highest BCUT2D eigenvalue weighted by Crippen LogP contribution is 2.28. The zero-order valence-corrected chi connectivity index (χ0v) is 11.9. The molecule has 0 saturated heterocycles. The van der Waals surface area contributed by atoms with Crippen LogP contribution in [0.1, 0.15) is 24.8 Å². The van der Waals surface area contributed by atoms with Crippen molar-refractivity contribution in [1.29, 1.82) is 0 Å². The van der Waals surface area contributed by atoms with Gasteiger partial charge in [-0.15, -0.1) is 0 Å². The minimum Gasteiger partial charge on any atom is -0.392 e. The quantitative estimate of drug-likeness (QED) is 0.760. The summed E-state index contributed by atoms with van der Waals surface area (Å²) in [6.07, 6.45) is 0.00875. The molecule has 2 unspecified atom stereocenters. The molecule has 5 heteroatoms. The Morgan fingerprint density at radius 2 is 2.06 bits per heavy atom. The van der Waals surface area contributed by atoms with Crippen molar-refractivity contribution in [2.45, 2.75) is 25.4 Å². The Labute approximate surface area is 118 Å². The number of benzene rings is 1. The molecule has 0 bridgehead atoms. The van der Waals surface area contributed by atoms with Gasteiger partial charge in [-0.25, -0.2) is 0 Å². The van der Waals surface area contributed by atoms with E-state index in [2.05, 4.69) is 0 Å². The molecule has 0 aliphatic carbocycles. The SMILES string of the molecule is CCOCCC(O)C(CN)c1ccc(Cl)c(Cl)c1. The molecule has 102 valence electrons. The lowest BCUT2D eigenvalue weighted by Gasteiger charge is -2.22. The zero-order chi connectivity index (χ0) is 13.5. The van der Waals surface area contributed by atoms with Gasteiger partial charge in [0.15, 0.2) is 0 Å². The summed E-state index contributed by atoms with van der Waals surface area (Å²) in [6.45, 7) is 3.44. The molecule has 1 rings (SSSR count). The van der Waals surface area contributed by atoms with Gasteiger partial charge in [-0.3, -0.25) is 0 Å². The van der Waals surface area contributed by atoms with Gasteiger partial charge in [0.05, 0.1) is 16.1 Å². The Morgan fingerprint density at radius 3 is 2.61 bits per heavy atom. The van der Waals surface area contributed by atoms with E-state index < -0.39 is 6.10 Å². The molecular weight excluding hydrogens is 273 g/mol. The molecule has 0 aliphatic heterocycles. The number of hydrogen-bond acceptors (Lipinski definition) is 3. The van der Waals surface area contributed by atoms with Crippen molar-refractivity contribution in [3.63, 3.8) is 0 Å². The Bertz CT molecular complexity index is 374. The van der Waals surface area contributed by atoms with E-state index in [9.17, 15) is 5.11 Å². The van der Waals surface area contributed by atoms with Crippen LogP contribution in [0.4, 0.5) is 0 Å². The van der Waals surface area contributed by atoms with Gasteiger partial charge in [-0.05, 0) is 31.0 Å². The Morgan fingerprint density at radius 1 is 1.33 bits per heavy atom. The summed E-state index contributed by atoms with van der Waals surface area (Å²) in [5.74, 6) is -0.153. The monoisotopic (exact) mass is 291 g/mol. The lowest BCUT2D eigenvalue weighted by Crippen LogP contribution is -2.27. The van der Waals surface area contributed by atoms with Gasteiger partial charge in [-0.1, -0.05) is 29.3 Å². The van der Waals surface area contributed by atoms with E-state index in [4.69, 9.17) is 33.7 Å². The number of aliphatic hydroxyl groups excluding tert-OH is 1. The number of hydrogen-bond donors (Lipinski definition) is 2. The van der Waals surface area contributed by atoms with Crippen LogP contribution in [-0.2, 0) is 4.74 Å². The minimum atomic E-state index is -0.543. The van der Waals surface area contributed by atoms with E-state index in [0.29, 0.717) is 36.2 Å². The molecule has 1 aromatic rings. The summed E-state index contributed by atoms with van der Waals surface area (Å²) < 4.78 is 5.23. The average molecular weight is 292 g/mol. The summed E-state index contributed by atoms with van der Waals surface area (Å²) >= 11 is 11.8. The number of nitrogens with two attached hydrogens (primary N) is 1. The highest BCUT2D eigenvalue weighted by Gasteiger charge is 2.20. The molecular formula is C13H19Cl2NO2. The molecule has 0 amide bonds. The molecule has 3 N–H and O–H groups in total. The second-order valence-corrected chi connectivity index (χ2v) is 4.88. The number of halogens is 2. The van der Waals surface area contributed by atoms with E-state index in [1.54, 1.807) is 12.1 Å². The van der Waals surface area contributed by atoms with Crippen molar-refractivity contribution < 1.29 is 9.84 Å². The van der Waals surface area contributed by atoms with Crippen molar-refractivity contribution >= 4 is 23.2 Å². The van der Waals surface area contributed by atoms with Crippen molar-refractivity contribution in [1.82, 2.24) is 0 Å². The first-order valence-corrected chi connectivity index (χ1v) is 6.76. The predicted octanol–water partition coefficient (Wildman–Crippen LogP) is 2.82. The van der Waals surface area contributed by atoms with Crippen LogP contribution in [0.2, 0.25) is 10.0 Å². The smallest absolute Gasteiger partial charge is 0.0642 e. The first kappa shape index (κ1) is 15.7. The van der Waals surface area contributed by atoms with Crippen LogP contribution in [0.15, 0.2) is 18.2 Å². The van der Waals surface area contributed by atoms with Crippen LogP contribution in [0, 0.1) is 0 Å². The maximum atomic E-state index is 10.1. The van der Waals surface area contributed by atoms with Gasteiger partial charge in [0, 0.05) is 25.7 Å². The number of ether oxygens (including phenoxy) is 1. The van der Waals surface area contributed by atoms with E-state index in [1.165, 1.54) is 0 Å². The van der Waals surface area contributed by atoms with Crippen LogP contribution in [0.3, 0.4) is 0 Å².